The number of nitrogens with zero attached hydrogens (tertiary/aromatic N) is 1. The quantitative estimate of drug-likeness (QED) is 0.647. The first-order chi connectivity index (χ1) is 10.0. The highest BCUT2D eigenvalue weighted by Gasteiger charge is 2.17. The van der Waals surface area contributed by atoms with E-state index in [-0.39, 0.29) is 12.1 Å². The summed E-state index contributed by atoms with van der Waals surface area (Å²) in [5.41, 5.74) is 0.401. The van der Waals surface area contributed by atoms with Crippen molar-refractivity contribution < 1.29 is 14.1 Å². The van der Waals surface area contributed by atoms with Gasteiger partial charge < -0.3 is 10.1 Å². The fraction of sp³-hybridized carbons (Fsp3) is 0.143. The summed E-state index contributed by atoms with van der Waals surface area (Å²) in [6.45, 7) is 0.124. The zero-order valence-corrected chi connectivity index (χ0v) is 12.7. The highest BCUT2D eigenvalue weighted by atomic mass is 79.9. The Morgan fingerprint density at radius 3 is 2.81 bits per heavy atom. The molecule has 0 saturated carbocycles. The third kappa shape index (κ3) is 3.49. The zero-order chi connectivity index (χ0) is 15.4. The molecule has 0 atom stereocenters. The van der Waals surface area contributed by atoms with E-state index in [2.05, 4.69) is 21.2 Å². The van der Waals surface area contributed by atoms with Crippen molar-refractivity contribution in [1.82, 2.24) is 0 Å². The Morgan fingerprint density at radius 2 is 2.14 bits per heavy atom. The summed E-state index contributed by atoms with van der Waals surface area (Å²) in [4.78, 5) is 9.97. The molecular formula is C14H12BrFN2O3. The average Bonchev–Trinajstić information content (AvgIpc) is 2.47. The first-order valence-electron chi connectivity index (χ1n) is 6.02. The molecule has 0 heterocycles. The van der Waals surface area contributed by atoms with Crippen molar-refractivity contribution in [1.29, 1.82) is 0 Å². The molecule has 0 amide bonds. The van der Waals surface area contributed by atoms with Crippen molar-refractivity contribution in [2.45, 2.75) is 6.54 Å². The standard InChI is InChI=1S/C14H12BrFN2O3/c1-21-10-5-6-11(15)12(7-10)17-8-9-3-2-4-13(14(9)16)18(19)20/h2-7,17H,8H2,1H3. The van der Waals surface area contributed by atoms with E-state index in [1.165, 1.54) is 12.1 Å². The number of nitro groups is 1. The summed E-state index contributed by atoms with van der Waals surface area (Å²) in [6.07, 6.45) is 0. The van der Waals surface area contributed by atoms with Gasteiger partial charge in [-0.15, -0.1) is 0 Å². The molecule has 5 nitrogen and oxygen atoms in total. The Hall–Kier alpha value is -2.15. The van der Waals surface area contributed by atoms with Crippen molar-refractivity contribution in [3.8, 4) is 5.75 Å². The first-order valence-corrected chi connectivity index (χ1v) is 6.81. The molecule has 0 aliphatic rings. The lowest BCUT2D eigenvalue weighted by Gasteiger charge is -2.11. The van der Waals surface area contributed by atoms with Gasteiger partial charge in [0.05, 0.1) is 17.7 Å². The largest absolute Gasteiger partial charge is 0.497 e. The summed E-state index contributed by atoms with van der Waals surface area (Å²) < 4.78 is 19.9. The Labute approximate surface area is 129 Å². The zero-order valence-electron chi connectivity index (χ0n) is 11.1. The number of hydrogen-bond donors (Lipinski definition) is 1. The summed E-state index contributed by atoms with van der Waals surface area (Å²) >= 11 is 3.37. The minimum absolute atomic E-state index is 0.124. The van der Waals surface area contributed by atoms with Crippen LogP contribution in [0, 0.1) is 15.9 Å². The van der Waals surface area contributed by atoms with Crippen LogP contribution in [0.15, 0.2) is 40.9 Å². The molecule has 0 saturated heterocycles. The van der Waals surface area contributed by atoms with E-state index >= 15 is 0 Å². The summed E-state index contributed by atoms with van der Waals surface area (Å²) in [5, 5.41) is 13.7. The monoisotopic (exact) mass is 354 g/mol. The van der Waals surface area contributed by atoms with Crippen LogP contribution in [0.5, 0.6) is 5.75 Å². The molecule has 0 aliphatic carbocycles. The second-order valence-electron chi connectivity index (χ2n) is 4.21. The smallest absolute Gasteiger partial charge is 0.305 e. The van der Waals surface area contributed by atoms with Gasteiger partial charge in [-0.05, 0) is 28.1 Å². The molecule has 0 fully saturated rings. The number of nitrogens with one attached hydrogen (secondary N) is 1. The number of anilines is 1. The van der Waals surface area contributed by atoms with Gasteiger partial charge in [0.25, 0.3) is 0 Å². The normalized spacial score (nSPS) is 10.2. The van der Waals surface area contributed by atoms with Crippen LogP contribution in [0.1, 0.15) is 5.56 Å². The minimum Gasteiger partial charge on any atom is -0.497 e. The number of rotatable bonds is 5. The Bertz CT molecular complexity index is 679. The van der Waals surface area contributed by atoms with E-state index in [0.717, 1.165) is 10.5 Å². The van der Waals surface area contributed by atoms with E-state index in [0.29, 0.717) is 11.4 Å². The highest BCUT2D eigenvalue weighted by molar-refractivity contribution is 9.10. The SMILES string of the molecule is COc1ccc(Br)c(NCc2cccc([N+](=O)[O-])c2F)c1. The molecule has 0 radical (unpaired) electrons. The molecule has 110 valence electrons. The maximum atomic E-state index is 14.0. The predicted molar refractivity (Wildman–Crippen MR) is 81.1 cm³/mol. The van der Waals surface area contributed by atoms with Gasteiger partial charge in [0, 0.05) is 28.7 Å². The second kappa shape index (κ2) is 6.53. The molecule has 0 aliphatic heterocycles. The highest BCUT2D eigenvalue weighted by Crippen LogP contribution is 2.28. The van der Waals surface area contributed by atoms with Crippen LogP contribution in [-0.4, -0.2) is 12.0 Å². The maximum absolute atomic E-state index is 14.0. The van der Waals surface area contributed by atoms with Gasteiger partial charge in [0.1, 0.15) is 5.75 Å². The van der Waals surface area contributed by atoms with E-state index in [4.69, 9.17) is 4.74 Å². The number of ether oxygens (including phenoxy) is 1. The van der Waals surface area contributed by atoms with Gasteiger partial charge in [-0.3, -0.25) is 10.1 Å². The van der Waals surface area contributed by atoms with Crippen molar-refractivity contribution in [3.63, 3.8) is 0 Å². The molecule has 2 aromatic carbocycles. The van der Waals surface area contributed by atoms with E-state index in [9.17, 15) is 14.5 Å². The predicted octanol–water partition coefficient (Wildman–Crippen LogP) is 4.12. The Morgan fingerprint density at radius 1 is 1.38 bits per heavy atom. The lowest BCUT2D eigenvalue weighted by atomic mass is 10.2. The second-order valence-corrected chi connectivity index (χ2v) is 5.06. The van der Waals surface area contributed by atoms with Gasteiger partial charge in [0.2, 0.25) is 5.82 Å². The third-order valence-corrected chi connectivity index (χ3v) is 3.59. The number of nitro benzene ring substituents is 1. The van der Waals surface area contributed by atoms with Crippen LogP contribution in [0.25, 0.3) is 0 Å². The van der Waals surface area contributed by atoms with Crippen molar-refractivity contribution in [2.24, 2.45) is 0 Å². The third-order valence-electron chi connectivity index (χ3n) is 2.90. The summed E-state index contributed by atoms with van der Waals surface area (Å²) in [6, 6.07) is 9.43. The molecule has 7 heteroatoms. The number of benzene rings is 2. The molecule has 0 bridgehead atoms. The van der Waals surface area contributed by atoms with Crippen LogP contribution in [0.3, 0.4) is 0 Å². The van der Waals surface area contributed by atoms with Crippen molar-refractivity contribution in [3.05, 3.63) is 62.4 Å². The van der Waals surface area contributed by atoms with Gasteiger partial charge in [0.15, 0.2) is 0 Å². The molecule has 0 spiro atoms. The lowest BCUT2D eigenvalue weighted by molar-refractivity contribution is -0.387. The first kappa shape index (κ1) is 15.2. The molecule has 1 N–H and O–H groups in total. The van der Waals surface area contributed by atoms with Crippen molar-refractivity contribution in [2.75, 3.05) is 12.4 Å². The Balaban J connectivity index is 2.21. The summed E-state index contributed by atoms with van der Waals surface area (Å²) in [5.74, 6) is -0.172. The number of hydrogen-bond acceptors (Lipinski definition) is 4. The van der Waals surface area contributed by atoms with Crippen LogP contribution in [0.4, 0.5) is 15.8 Å². The maximum Gasteiger partial charge on any atom is 0.305 e. The van der Waals surface area contributed by atoms with Gasteiger partial charge in [-0.2, -0.15) is 4.39 Å². The Kier molecular flexibility index (Phi) is 4.74. The fourth-order valence-corrected chi connectivity index (χ4v) is 2.19. The number of methoxy groups -OCH3 is 1. The van der Waals surface area contributed by atoms with Crippen LogP contribution in [0.2, 0.25) is 0 Å². The fourth-order valence-electron chi connectivity index (χ4n) is 1.80. The van der Waals surface area contributed by atoms with Crippen LogP contribution >= 0.6 is 15.9 Å². The lowest BCUT2D eigenvalue weighted by Crippen LogP contribution is -2.04. The molecule has 0 aromatic heterocycles. The van der Waals surface area contributed by atoms with E-state index in [1.54, 1.807) is 25.3 Å². The molecule has 2 rings (SSSR count). The average molecular weight is 355 g/mol. The van der Waals surface area contributed by atoms with E-state index < -0.39 is 16.4 Å². The van der Waals surface area contributed by atoms with Gasteiger partial charge in [-0.25, -0.2) is 0 Å². The minimum atomic E-state index is -0.825. The molecular weight excluding hydrogens is 343 g/mol. The van der Waals surface area contributed by atoms with Gasteiger partial charge >= 0.3 is 5.69 Å². The van der Waals surface area contributed by atoms with Crippen molar-refractivity contribution >= 4 is 27.3 Å². The topological polar surface area (TPSA) is 64.4 Å². The molecule has 0 unspecified atom stereocenters. The van der Waals surface area contributed by atoms with Crippen LogP contribution in [-0.2, 0) is 6.54 Å². The van der Waals surface area contributed by atoms with E-state index in [1.807, 2.05) is 0 Å². The summed E-state index contributed by atoms with van der Waals surface area (Å²) in [7, 11) is 1.55. The molecule has 21 heavy (non-hydrogen) atoms. The van der Waals surface area contributed by atoms with Crippen LogP contribution < -0.4 is 10.1 Å². The number of halogens is 2. The van der Waals surface area contributed by atoms with Gasteiger partial charge in [-0.1, -0.05) is 12.1 Å². The molecule has 2 aromatic rings.